The van der Waals surface area contributed by atoms with Crippen LogP contribution in [0.15, 0.2) is 28.3 Å². The lowest BCUT2D eigenvalue weighted by Crippen LogP contribution is -2.31. The maximum absolute atomic E-state index is 12.4. The van der Waals surface area contributed by atoms with Crippen LogP contribution in [0.1, 0.15) is 12.6 Å². The van der Waals surface area contributed by atoms with Crippen LogP contribution < -0.4 is 16.2 Å². The van der Waals surface area contributed by atoms with E-state index in [-0.39, 0.29) is 34.5 Å². The molecule has 13 heteroatoms. The number of hydrogen-bond acceptors (Lipinski definition) is 10. The van der Waals surface area contributed by atoms with Crippen molar-refractivity contribution in [3.8, 4) is 0 Å². The van der Waals surface area contributed by atoms with Crippen molar-refractivity contribution < 1.29 is 14.6 Å². The maximum atomic E-state index is 12.4. The normalized spacial score (nSPS) is 22.3. The molecule has 0 aromatic carbocycles. The predicted molar refractivity (Wildman–Crippen MR) is 99.6 cm³/mol. The van der Waals surface area contributed by atoms with E-state index >= 15 is 0 Å². The van der Waals surface area contributed by atoms with Gasteiger partial charge in [0.15, 0.2) is 5.65 Å². The van der Waals surface area contributed by atoms with Crippen molar-refractivity contribution in [2.45, 2.75) is 24.9 Å². The second-order valence-electron chi connectivity index (χ2n) is 5.78. The second kappa shape index (κ2) is 6.84. The molecule has 4 rings (SSSR count). The summed E-state index contributed by atoms with van der Waals surface area (Å²) in [6, 6.07) is 0. The van der Waals surface area contributed by atoms with E-state index in [4.69, 9.17) is 27.4 Å². The zero-order chi connectivity index (χ0) is 19.1. The van der Waals surface area contributed by atoms with Crippen LogP contribution in [-0.4, -0.2) is 53.2 Å². The molecule has 142 valence electrons. The summed E-state index contributed by atoms with van der Waals surface area (Å²) in [6.07, 6.45) is 2.79. The zero-order valence-electron chi connectivity index (χ0n) is 13.6. The van der Waals surface area contributed by atoms with Crippen LogP contribution in [0.4, 0.5) is 5.95 Å². The molecule has 1 aliphatic heterocycles. The number of H-pyrrole nitrogens is 1. The maximum Gasteiger partial charge on any atom is 0.311 e. The summed E-state index contributed by atoms with van der Waals surface area (Å²) >= 11 is 5.96. The molecule has 0 bridgehead atoms. The van der Waals surface area contributed by atoms with Crippen LogP contribution in [-0.2, 0) is 9.47 Å². The molecule has 0 radical (unpaired) electrons. The van der Waals surface area contributed by atoms with Crippen LogP contribution in [0.25, 0.3) is 10.3 Å². The number of hydrogen-bond donors (Lipinski definition) is 3. The van der Waals surface area contributed by atoms with Crippen LogP contribution in [0.5, 0.6) is 0 Å². The lowest BCUT2D eigenvalue weighted by Gasteiger charge is -2.18. The molecule has 0 saturated carbocycles. The van der Waals surface area contributed by atoms with Crippen molar-refractivity contribution in [1.29, 1.82) is 0 Å². The minimum atomic E-state index is -0.785. The van der Waals surface area contributed by atoms with Crippen LogP contribution in [0.2, 0.25) is 0 Å². The Morgan fingerprint density at radius 2 is 2.37 bits per heavy atom. The number of thiocarbonyl (C=S) groups is 1. The average Bonchev–Trinajstić information content (AvgIpc) is 3.33. The summed E-state index contributed by atoms with van der Waals surface area (Å²) in [4.78, 5) is 34.3. The Balaban J connectivity index is 1.65. The third-order valence-corrected chi connectivity index (χ3v) is 5.36. The monoisotopic (exact) mass is 410 g/mol. The van der Waals surface area contributed by atoms with Crippen molar-refractivity contribution >= 4 is 45.0 Å². The number of rotatable bonds is 3. The van der Waals surface area contributed by atoms with Crippen molar-refractivity contribution in [3.63, 3.8) is 0 Å². The van der Waals surface area contributed by atoms with Crippen molar-refractivity contribution in [3.05, 3.63) is 38.7 Å². The van der Waals surface area contributed by atoms with Gasteiger partial charge in [-0.1, -0.05) is 11.3 Å². The van der Waals surface area contributed by atoms with Crippen LogP contribution in [0, 0.1) is 0 Å². The quantitative estimate of drug-likeness (QED) is 0.482. The van der Waals surface area contributed by atoms with Gasteiger partial charge in [0, 0.05) is 18.8 Å². The van der Waals surface area contributed by atoms with Gasteiger partial charge in [0.25, 0.3) is 10.7 Å². The van der Waals surface area contributed by atoms with E-state index in [2.05, 4.69) is 15.0 Å². The zero-order valence-corrected chi connectivity index (χ0v) is 15.3. The van der Waals surface area contributed by atoms with Gasteiger partial charge < -0.3 is 20.3 Å². The second-order valence-corrected chi connectivity index (χ2v) is 7.09. The minimum absolute atomic E-state index is 0.107. The Morgan fingerprint density at radius 3 is 3.07 bits per heavy atom. The Bertz CT molecular complexity index is 1100. The molecule has 1 fully saturated rings. The van der Waals surface area contributed by atoms with Gasteiger partial charge in [-0.15, -0.1) is 0 Å². The van der Waals surface area contributed by atoms with Gasteiger partial charge in [-0.3, -0.25) is 23.7 Å². The van der Waals surface area contributed by atoms with Crippen LogP contribution >= 0.6 is 23.6 Å². The molecule has 11 nitrogen and oxygen atoms in total. The fourth-order valence-corrected chi connectivity index (χ4v) is 3.99. The molecule has 3 aromatic rings. The molecular formula is C14H14N6O5S2. The Morgan fingerprint density at radius 1 is 1.56 bits per heavy atom. The molecule has 1 saturated heterocycles. The topological polar surface area (TPSA) is 150 Å². The third kappa shape index (κ3) is 3.14. The van der Waals surface area contributed by atoms with E-state index in [0.717, 1.165) is 11.3 Å². The number of nitrogens with one attached hydrogen (secondary N) is 1. The average molecular weight is 410 g/mol. The number of thiazole rings is 1. The highest BCUT2D eigenvalue weighted by molar-refractivity contribution is 7.80. The smallest absolute Gasteiger partial charge is 0.311 e. The molecule has 1 aliphatic rings. The number of fused-ring (bicyclic) bond motifs is 1. The first kappa shape index (κ1) is 17.8. The highest BCUT2D eigenvalue weighted by Gasteiger charge is 2.39. The Hall–Kier alpha value is -2.61. The van der Waals surface area contributed by atoms with Crippen molar-refractivity contribution in [1.82, 2.24) is 24.1 Å². The largest absolute Gasteiger partial charge is 0.464 e. The molecule has 0 aliphatic carbocycles. The van der Waals surface area contributed by atoms with Gasteiger partial charge >= 0.3 is 4.87 Å². The number of aromatic amines is 1. The van der Waals surface area contributed by atoms with Gasteiger partial charge in [-0.25, -0.2) is 4.98 Å². The molecule has 4 N–H and O–H groups in total. The lowest BCUT2D eigenvalue weighted by molar-refractivity contribution is -0.0415. The number of aromatic nitrogens is 5. The molecule has 3 aromatic heterocycles. The van der Waals surface area contributed by atoms with E-state index < -0.39 is 28.9 Å². The summed E-state index contributed by atoms with van der Waals surface area (Å²) in [5.74, 6) is -0.107. The number of nitrogen functional groups attached to an aromatic ring is 1. The number of nitrogens with two attached hydrogens (primary N) is 1. The van der Waals surface area contributed by atoms with E-state index in [9.17, 15) is 14.7 Å². The number of imidazole rings is 1. The number of aliphatic hydroxyl groups excluding tert-OH is 1. The van der Waals surface area contributed by atoms with Gasteiger partial charge in [-0.2, -0.15) is 4.98 Å². The lowest BCUT2D eigenvalue weighted by atomic mass is 10.2. The van der Waals surface area contributed by atoms with Gasteiger partial charge in [-0.05, 0) is 12.2 Å². The van der Waals surface area contributed by atoms with E-state index in [1.807, 2.05) is 0 Å². The minimum Gasteiger partial charge on any atom is -0.464 e. The highest BCUT2D eigenvalue weighted by Crippen LogP contribution is 2.32. The predicted octanol–water partition coefficient (Wildman–Crippen LogP) is -0.577. The molecule has 0 amide bonds. The fourth-order valence-electron chi connectivity index (χ4n) is 2.90. The summed E-state index contributed by atoms with van der Waals surface area (Å²) in [7, 11) is 0. The Labute approximate surface area is 160 Å². The molecule has 0 spiro atoms. The summed E-state index contributed by atoms with van der Waals surface area (Å²) in [5.41, 5.74) is 5.23. The first-order valence-electron chi connectivity index (χ1n) is 7.84. The van der Waals surface area contributed by atoms with Crippen molar-refractivity contribution in [2.24, 2.45) is 0 Å². The van der Waals surface area contributed by atoms with E-state index in [1.54, 1.807) is 12.4 Å². The SMILES string of the molecule is Nc1nc2c(sc(=O)n2C2C[C@H](OC(=S)n3ccnc3)C(CO)O2)c(=O)[nH]1. The Kier molecular flexibility index (Phi) is 4.51. The number of anilines is 1. The summed E-state index contributed by atoms with van der Waals surface area (Å²) in [5, 5.41) is 9.76. The molecule has 3 atom stereocenters. The van der Waals surface area contributed by atoms with E-state index in [0.29, 0.717) is 0 Å². The molecular weight excluding hydrogens is 396 g/mol. The molecule has 2 unspecified atom stereocenters. The number of nitrogens with zero attached hydrogens (tertiary/aromatic N) is 4. The van der Waals surface area contributed by atoms with Gasteiger partial charge in [0.2, 0.25) is 5.95 Å². The standard InChI is InChI=1S/C14H14N6O5S2/c15-12-17-10-9(11(22)18-12)27-13(23)20(10)8-3-6(7(4-21)24-8)25-14(26)19-2-1-16-5-19/h1-2,5-8,21H,3-4H2,(H3,15,17,18,22)/t6-,7?,8?/m0/s1. The van der Waals surface area contributed by atoms with Crippen LogP contribution in [0.3, 0.4) is 0 Å². The fraction of sp³-hybridized carbons (Fsp3) is 0.357. The summed E-state index contributed by atoms with van der Waals surface area (Å²) in [6.45, 7) is -0.333. The third-order valence-electron chi connectivity index (χ3n) is 4.11. The number of aliphatic hydroxyl groups is 1. The molecule has 27 heavy (non-hydrogen) atoms. The number of ether oxygens (including phenoxy) is 2. The summed E-state index contributed by atoms with van der Waals surface area (Å²) < 4.78 is 14.4. The van der Waals surface area contributed by atoms with Gasteiger partial charge in [0.05, 0.1) is 6.61 Å². The van der Waals surface area contributed by atoms with E-state index in [1.165, 1.54) is 15.5 Å². The highest BCUT2D eigenvalue weighted by atomic mass is 32.1. The van der Waals surface area contributed by atoms with Gasteiger partial charge in [0.1, 0.15) is 29.5 Å². The van der Waals surface area contributed by atoms with Crippen molar-refractivity contribution in [2.75, 3.05) is 12.3 Å². The first-order valence-corrected chi connectivity index (χ1v) is 9.06. The first-order chi connectivity index (χ1) is 13.0. The molecule has 4 heterocycles.